The molecule has 0 aliphatic carbocycles. The Morgan fingerprint density at radius 3 is 2.26 bits per heavy atom. The molecular weight excluding hydrogens is 436 g/mol. The van der Waals surface area contributed by atoms with Crippen LogP contribution in [0.3, 0.4) is 0 Å². The van der Waals surface area contributed by atoms with E-state index in [9.17, 15) is 18.0 Å². The van der Waals surface area contributed by atoms with Crippen molar-refractivity contribution >= 4 is 48.3 Å². The standard InChI is InChI=1S/C22H24N2O5S2/c1-4-5-14-24(31(28,29)16-12-10-15(11-13-16)22(26)27)21-19(20(25)23(2)3)17-8-6-7-9-18(17)30-21/h6-13H,4-5,14H2,1-3H3,(H,26,27). The average Bonchev–Trinajstić information content (AvgIpc) is 3.12. The van der Waals surface area contributed by atoms with Crippen LogP contribution in [0.15, 0.2) is 53.4 Å². The number of carboxylic acid groups (broad SMARTS) is 1. The van der Waals surface area contributed by atoms with Gasteiger partial charge >= 0.3 is 5.97 Å². The van der Waals surface area contributed by atoms with Crippen molar-refractivity contribution in [1.82, 2.24) is 4.90 Å². The van der Waals surface area contributed by atoms with E-state index in [1.807, 2.05) is 31.2 Å². The van der Waals surface area contributed by atoms with E-state index in [0.29, 0.717) is 22.4 Å². The minimum Gasteiger partial charge on any atom is -0.478 e. The Morgan fingerprint density at radius 2 is 1.68 bits per heavy atom. The summed E-state index contributed by atoms with van der Waals surface area (Å²) in [5, 5.41) is 10.2. The molecule has 31 heavy (non-hydrogen) atoms. The molecule has 164 valence electrons. The fourth-order valence-corrected chi connectivity index (χ4v) is 6.11. The Kier molecular flexibility index (Phi) is 6.66. The van der Waals surface area contributed by atoms with Crippen molar-refractivity contribution < 1.29 is 23.1 Å². The first-order chi connectivity index (χ1) is 14.7. The van der Waals surface area contributed by atoms with Crippen molar-refractivity contribution in [2.75, 3.05) is 24.9 Å². The smallest absolute Gasteiger partial charge is 0.335 e. The number of carbonyl (C=O) groups excluding carboxylic acids is 1. The highest BCUT2D eigenvalue weighted by Gasteiger charge is 2.32. The van der Waals surface area contributed by atoms with Crippen molar-refractivity contribution in [2.45, 2.75) is 24.7 Å². The lowest BCUT2D eigenvalue weighted by Gasteiger charge is -2.25. The molecule has 1 amide bonds. The first kappa shape index (κ1) is 22.8. The van der Waals surface area contributed by atoms with Crippen LogP contribution >= 0.6 is 11.3 Å². The lowest BCUT2D eigenvalue weighted by molar-refractivity contribution is 0.0696. The van der Waals surface area contributed by atoms with Crippen LogP contribution in [-0.2, 0) is 10.0 Å². The summed E-state index contributed by atoms with van der Waals surface area (Å²) >= 11 is 1.26. The molecule has 9 heteroatoms. The van der Waals surface area contributed by atoms with Gasteiger partial charge in [0.25, 0.3) is 15.9 Å². The molecule has 0 fully saturated rings. The van der Waals surface area contributed by atoms with Gasteiger partial charge in [-0.25, -0.2) is 13.2 Å². The Morgan fingerprint density at radius 1 is 1.03 bits per heavy atom. The average molecular weight is 461 g/mol. The quantitative estimate of drug-likeness (QED) is 0.541. The maximum absolute atomic E-state index is 13.6. The maximum atomic E-state index is 13.6. The SMILES string of the molecule is CCCCN(c1sc2ccccc2c1C(=O)N(C)C)S(=O)(=O)c1ccc(C(=O)O)cc1. The molecule has 0 spiro atoms. The number of rotatable bonds is 8. The Bertz CT molecular complexity index is 1210. The van der Waals surface area contributed by atoms with Gasteiger partial charge in [-0.1, -0.05) is 31.5 Å². The summed E-state index contributed by atoms with van der Waals surface area (Å²) in [6.07, 6.45) is 1.38. The Hall–Kier alpha value is -2.91. The predicted octanol–water partition coefficient (Wildman–Crippen LogP) is 4.30. The van der Waals surface area contributed by atoms with E-state index >= 15 is 0 Å². The molecular formula is C22H24N2O5S2. The van der Waals surface area contributed by atoms with Gasteiger partial charge in [-0.3, -0.25) is 9.10 Å². The molecule has 0 atom stereocenters. The second-order valence-corrected chi connectivity index (χ2v) is 10.1. The lowest BCUT2D eigenvalue weighted by Crippen LogP contribution is -2.33. The van der Waals surface area contributed by atoms with Gasteiger partial charge in [0.15, 0.2) is 0 Å². The summed E-state index contributed by atoms with van der Waals surface area (Å²) in [5.74, 6) is -1.40. The second-order valence-electron chi connectivity index (χ2n) is 7.24. The summed E-state index contributed by atoms with van der Waals surface area (Å²) < 4.78 is 29.3. The summed E-state index contributed by atoms with van der Waals surface area (Å²) in [6, 6.07) is 12.5. The number of aromatic carboxylic acids is 1. The molecule has 3 rings (SSSR count). The lowest BCUT2D eigenvalue weighted by atomic mass is 10.1. The van der Waals surface area contributed by atoms with Crippen LogP contribution in [0.5, 0.6) is 0 Å². The largest absolute Gasteiger partial charge is 0.478 e. The third-order valence-electron chi connectivity index (χ3n) is 4.83. The predicted molar refractivity (Wildman–Crippen MR) is 123 cm³/mol. The molecule has 7 nitrogen and oxygen atoms in total. The molecule has 1 aromatic heterocycles. The zero-order valence-electron chi connectivity index (χ0n) is 17.5. The molecule has 1 N–H and O–H groups in total. The summed E-state index contributed by atoms with van der Waals surface area (Å²) in [5.41, 5.74) is 0.358. The minimum absolute atomic E-state index is 0.00407. The van der Waals surface area contributed by atoms with Gasteiger partial charge in [-0.15, -0.1) is 11.3 Å². The highest BCUT2D eigenvalue weighted by Crippen LogP contribution is 2.41. The number of hydrogen-bond acceptors (Lipinski definition) is 5. The Balaban J connectivity index is 2.21. The van der Waals surface area contributed by atoms with Crippen LogP contribution in [-0.4, -0.2) is 50.9 Å². The van der Waals surface area contributed by atoms with Crippen LogP contribution in [0.2, 0.25) is 0 Å². The van der Waals surface area contributed by atoms with E-state index in [0.717, 1.165) is 11.1 Å². The highest BCUT2D eigenvalue weighted by molar-refractivity contribution is 7.93. The monoisotopic (exact) mass is 460 g/mol. The number of hydrogen-bond donors (Lipinski definition) is 1. The topological polar surface area (TPSA) is 95.0 Å². The van der Waals surface area contributed by atoms with E-state index in [1.54, 1.807) is 14.1 Å². The number of carboxylic acids is 1. The summed E-state index contributed by atoms with van der Waals surface area (Å²) in [4.78, 5) is 25.6. The van der Waals surface area contributed by atoms with Crippen molar-refractivity contribution in [2.24, 2.45) is 0 Å². The molecule has 1 heterocycles. The van der Waals surface area contributed by atoms with Crippen LogP contribution in [0.4, 0.5) is 5.00 Å². The number of nitrogens with zero attached hydrogens (tertiary/aromatic N) is 2. The Labute approximate surface area is 185 Å². The van der Waals surface area contributed by atoms with Gasteiger partial charge in [-0.2, -0.15) is 0 Å². The van der Waals surface area contributed by atoms with Crippen molar-refractivity contribution in [3.05, 3.63) is 59.7 Å². The molecule has 3 aromatic rings. The van der Waals surface area contributed by atoms with E-state index < -0.39 is 16.0 Å². The third-order valence-corrected chi connectivity index (χ3v) is 7.95. The number of fused-ring (bicyclic) bond motifs is 1. The molecule has 2 aromatic carbocycles. The van der Waals surface area contributed by atoms with Crippen LogP contribution in [0, 0.1) is 0 Å². The molecule has 0 unspecified atom stereocenters. The molecule has 0 saturated carbocycles. The van der Waals surface area contributed by atoms with E-state index in [4.69, 9.17) is 5.11 Å². The van der Waals surface area contributed by atoms with Crippen LogP contribution < -0.4 is 4.31 Å². The first-order valence-electron chi connectivity index (χ1n) is 9.77. The van der Waals surface area contributed by atoms with Gasteiger partial charge in [0.05, 0.1) is 16.0 Å². The van der Waals surface area contributed by atoms with Crippen LogP contribution in [0.1, 0.15) is 40.5 Å². The van der Waals surface area contributed by atoms with Crippen LogP contribution in [0.25, 0.3) is 10.1 Å². The van der Waals surface area contributed by atoms with Crippen molar-refractivity contribution in [1.29, 1.82) is 0 Å². The zero-order valence-corrected chi connectivity index (χ0v) is 19.2. The molecule has 0 saturated heterocycles. The number of amides is 1. The molecule has 0 aliphatic heterocycles. The van der Waals surface area contributed by atoms with Gasteiger partial charge in [0.2, 0.25) is 0 Å². The van der Waals surface area contributed by atoms with Crippen molar-refractivity contribution in [3.8, 4) is 0 Å². The van der Waals surface area contributed by atoms with Gasteiger partial charge in [0, 0.05) is 30.7 Å². The highest BCUT2D eigenvalue weighted by atomic mass is 32.2. The first-order valence-corrected chi connectivity index (χ1v) is 12.0. The number of sulfonamides is 1. The fraction of sp³-hybridized carbons (Fsp3) is 0.273. The van der Waals surface area contributed by atoms with Gasteiger partial charge in [-0.05, 0) is 36.8 Å². The second kappa shape index (κ2) is 9.07. The molecule has 0 bridgehead atoms. The maximum Gasteiger partial charge on any atom is 0.335 e. The number of thiophene rings is 1. The normalized spacial score (nSPS) is 11.5. The third kappa shape index (κ3) is 4.42. The molecule has 0 radical (unpaired) electrons. The fourth-order valence-electron chi connectivity index (χ4n) is 3.17. The number of anilines is 1. The summed E-state index contributed by atoms with van der Waals surface area (Å²) in [7, 11) is -0.752. The summed E-state index contributed by atoms with van der Waals surface area (Å²) in [6.45, 7) is 2.17. The number of carbonyl (C=O) groups is 2. The minimum atomic E-state index is -4.02. The number of unbranched alkanes of at least 4 members (excludes halogenated alkanes) is 1. The van der Waals surface area contributed by atoms with Crippen molar-refractivity contribution in [3.63, 3.8) is 0 Å². The van der Waals surface area contributed by atoms with E-state index in [2.05, 4.69) is 0 Å². The zero-order chi connectivity index (χ0) is 22.8. The molecule has 0 aliphatic rings. The van der Waals surface area contributed by atoms with Gasteiger partial charge < -0.3 is 10.0 Å². The number of benzene rings is 2. The van der Waals surface area contributed by atoms with Gasteiger partial charge in [0.1, 0.15) is 5.00 Å². The van der Waals surface area contributed by atoms with E-state index in [1.165, 1.54) is 44.8 Å². The van der Waals surface area contributed by atoms with E-state index in [-0.39, 0.29) is 22.9 Å².